The Labute approximate surface area is 132 Å². The Bertz CT molecular complexity index is 764. The van der Waals surface area contributed by atoms with Crippen molar-refractivity contribution in [1.29, 1.82) is 0 Å². The van der Waals surface area contributed by atoms with Crippen LogP contribution in [0.3, 0.4) is 0 Å². The van der Waals surface area contributed by atoms with Crippen LogP contribution in [-0.4, -0.2) is 37.4 Å². The number of nitrogens with zero attached hydrogens (tertiary/aromatic N) is 5. The van der Waals surface area contributed by atoms with E-state index in [0.717, 1.165) is 11.1 Å². The molecule has 23 heavy (non-hydrogen) atoms. The van der Waals surface area contributed by atoms with Crippen molar-refractivity contribution in [3.63, 3.8) is 0 Å². The van der Waals surface area contributed by atoms with Crippen LogP contribution in [0.15, 0.2) is 41.4 Å². The molecule has 1 amide bonds. The molecule has 0 saturated carbocycles. The second-order valence-corrected chi connectivity index (χ2v) is 4.93. The maximum Gasteiger partial charge on any atom is 0.236 e. The summed E-state index contributed by atoms with van der Waals surface area (Å²) in [5, 5.41) is 10.7. The number of rotatable bonds is 6. The number of likely N-dealkylation sites (N-methyl/N-ethyl adjacent to an activating group) is 1. The Morgan fingerprint density at radius 3 is 2.83 bits per heavy atom. The van der Waals surface area contributed by atoms with Crippen molar-refractivity contribution in [3.8, 4) is 11.4 Å². The molecule has 0 bridgehead atoms. The Balaban J connectivity index is 1.67. The Morgan fingerprint density at radius 1 is 1.30 bits per heavy atom. The molecule has 1 N–H and O–H groups in total. The number of carbonyl (C=O) groups is 1. The normalized spacial score (nSPS) is 10.7. The van der Waals surface area contributed by atoms with Gasteiger partial charge in [-0.15, -0.1) is 0 Å². The Morgan fingerprint density at radius 2 is 2.13 bits per heavy atom. The van der Waals surface area contributed by atoms with Crippen LogP contribution < -0.4 is 5.32 Å². The van der Waals surface area contributed by atoms with Crippen LogP contribution in [0.1, 0.15) is 18.4 Å². The molecule has 1 aromatic carbocycles. The van der Waals surface area contributed by atoms with Gasteiger partial charge in [0.15, 0.2) is 0 Å². The molecular weight excluding hydrogens is 296 g/mol. The van der Waals surface area contributed by atoms with Crippen molar-refractivity contribution in [3.05, 3.63) is 48.4 Å². The SMILES string of the molecule is CCNC(=O)Cc1nc(-c2ccc(Cn3cncn3)cc2)no1. The fraction of sp³-hybridized carbons (Fsp3) is 0.267. The number of nitrogens with one attached hydrogen (secondary N) is 1. The van der Waals surface area contributed by atoms with E-state index in [9.17, 15) is 4.79 Å². The number of hydrogen-bond donors (Lipinski definition) is 1. The lowest BCUT2D eigenvalue weighted by atomic mass is 10.1. The summed E-state index contributed by atoms with van der Waals surface area (Å²) >= 11 is 0. The Hall–Kier alpha value is -3.03. The average molecular weight is 312 g/mol. The monoisotopic (exact) mass is 312 g/mol. The molecule has 8 heteroatoms. The summed E-state index contributed by atoms with van der Waals surface area (Å²) in [6.45, 7) is 3.08. The second-order valence-electron chi connectivity index (χ2n) is 4.93. The van der Waals surface area contributed by atoms with Gasteiger partial charge in [0.1, 0.15) is 19.1 Å². The lowest BCUT2D eigenvalue weighted by Gasteiger charge is -2.01. The molecule has 0 atom stereocenters. The van der Waals surface area contributed by atoms with Crippen molar-refractivity contribution in [2.75, 3.05) is 6.54 Å². The van der Waals surface area contributed by atoms with Crippen molar-refractivity contribution in [2.45, 2.75) is 19.9 Å². The molecule has 3 aromatic rings. The quantitative estimate of drug-likeness (QED) is 0.730. The van der Waals surface area contributed by atoms with Crippen LogP contribution in [0, 0.1) is 0 Å². The van der Waals surface area contributed by atoms with Crippen molar-refractivity contribution < 1.29 is 9.32 Å². The van der Waals surface area contributed by atoms with Gasteiger partial charge in [-0.2, -0.15) is 10.1 Å². The predicted molar refractivity (Wildman–Crippen MR) is 81.2 cm³/mol. The smallest absolute Gasteiger partial charge is 0.236 e. The maximum absolute atomic E-state index is 11.5. The van der Waals surface area contributed by atoms with Crippen LogP contribution in [-0.2, 0) is 17.8 Å². The highest BCUT2D eigenvalue weighted by Crippen LogP contribution is 2.17. The van der Waals surface area contributed by atoms with E-state index in [1.54, 1.807) is 11.0 Å². The van der Waals surface area contributed by atoms with E-state index in [2.05, 4.69) is 25.5 Å². The first-order chi connectivity index (χ1) is 11.2. The first-order valence-electron chi connectivity index (χ1n) is 7.25. The highest BCUT2D eigenvalue weighted by Gasteiger charge is 2.12. The zero-order valence-corrected chi connectivity index (χ0v) is 12.6. The second kappa shape index (κ2) is 6.82. The van der Waals surface area contributed by atoms with E-state index < -0.39 is 0 Å². The number of amides is 1. The van der Waals surface area contributed by atoms with Crippen molar-refractivity contribution in [2.24, 2.45) is 0 Å². The largest absolute Gasteiger partial charge is 0.356 e. The molecule has 8 nitrogen and oxygen atoms in total. The molecule has 2 heterocycles. The molecule has 0 unspecified atom stereocenters. The minimum Gasteiger partial charge on any atom is -0.356 e. The fourth-order valence-corrected chi connectivity index (χ4v) is 2.10. The predicted octanol–water partition coefficient (Wildman–Crippen LogP) is 1.06. The summed E-state index contributed by atoms with van der Waals surface area (Å²) in [5.74, 6) is 0.639. The van der Waals surface area contributed by atoms with Crippen LogP contribution in [0.2, 0.25) is 0 Å². The molecule has 2 aromatic heterocycles. The van der Waals surface area contributed by atoms with Crippen LogP contribution >= 0.6 is 0 Å². The third kappa shape index (κ3) is 3.79. The third-order valence-corrected chi connectivity index (χ3v) is 3.18. The fourth-order valence-electron chi connectivity index (χ4n) is 2.10. The van der Waals surface area contributed by atoms with Gasteiger partial charge in [0.2, 0.25) is 17.6 Å². The van der Waals surface area contributed by atoms with Crippen molar-refractivity contribution >= 4 is 5.91 Å². The van der Waals surface area contributed by atoms with Gasteiger partial charge in [-0.3, -0.25) is 4.79 Å². The third-order valence-electron chi connectivity index (χ3n) is 3.18. The van der Waals surface area contributed by atoms with Gasteiger partial charge < -0.3 is 9.84 Å². The van der Waals surface area contributed by atoms with Gasteiger partial charge in [0.25, 0.3) is 0 Å². The minimum atomic E-state index is -0.133. The van der Waals surface area contributed by atoms with Gasteiger partial charge in [-0.1, -0.05) is 29.4 Å². The highest BCUT2D eigenvalue weighted by molar-refractivity contribution is 5.77. The summed E-state index contributed by atoms with van der Waals surface area (Å²) in [6.07, 6.45) is 3.26. The van der Waals surface area contributed by atoms with E-state index in [4.69, 9.17) is 4.52 Å². The average Bonchev–Trinajstić information content (AvgIpc) is 3.20. The molecule has 0 radical (unpaired) electrons. The van der Waals surface area contributed by atoms with E-state index >= 15 is 0 Å². The minimum absolute atomic E-state index is 0.0885. The molecular formula is C15H16N6O2. The van der Waals surface area contributed by atoms with Gasteiger partial charge in [-0.05, 0) is 12.5 Å². The standard InChI is InChI=1S/C15H16N6O2/c1-2-17-13(22)7-14-19-15(20-23-14)12-5-3-11(4-6-12)8-21-10-16-9-18-21/h3-6,9-10H,2,7-8H2,1H3,(H,17,22). The molecule has 0 aliphatic rings. The van der Waals surface area contributed by atoms with Gasteiger partial charge in [0, 0.05) is 12.1 Å². The van der Waals surface area contributed by atoms with Crippen LogP contribution in [0.5, 0.6) is 0 Å². The van der Waals surface area contributed by atoms with Crippen LogP contribution in [0.4, 0.5) is 0 Å². The number of benzene rings is 1. The molecule has 0 aliphatic heterocycles. The molecule has 118 valence electrons. The first-order valence-corrected chi connectivity index (χ1v) is 7.25. The summed E-state index contributed by atoms with van der Waals surface area (Å²) in [7, 11) is 0. The lowest BCUT2D eigenvalue weighted by Crippen LogP contribution is -2.24. The van der Waals surface area contributed by atoms with Crippen molar-refractivity contribution in [1.82, 2.24) is 30.2 Å². The van der Waals surface area contributed by atoms with E-state index in [0.29, 0.717) is 24.8 Å². The van der Waals surface area contributed by atoms with E-state index in [1.165, 1.54) is 6.33 Å². The molecule has 0 fully saturated rings. The summed E-state index contributed by atoms with van der Waals surface area (Å²) < 4.78 is 6.85. The molecule has 0 aliphatic carbocycles. The van der Waals surface area contributed by atoms with E-state index in [-0.39, 0.29) is 12.3 Å². The van der Waals surface area contributed by atoms with Gasteiger partial charge in [-0.25, -0.2) is 9.67 Å². The zero-order valence-electron chi connectivity index (χ0n) is 12.6. The highest BCUT2D eigenvalue weighted by atomic mass is 16.5. The maximum atomic E-state index is 11.5. The van der Waals surface area contributed by atoms with E-state index in [1.807, 2.05) is 31.2 Å². The van der Waals surface area contributed by atoms with Gasteiger partial charge in [0.05, 0.1) is 6.54 Å². The van der Waals surface area contributed by atoms with Crippen LogP contribution in [0.25, 0.3) is 11.4 Å². The summed E-state index contributed by atoms with van der Waals surface area (Å²) in [6, 6.07) is 7.76. The summed E-state index contributed by atoms with van der Waals surface area (Å²) in [5.41, 5.74) is 1.92. The number of carbonyl (C=O) groups excluding carboxylic acids is 1. The Kier molecular flexibility index (Phi) is 4.41. The first kappa shape index (κ1) is 14.9. The molecule has 0 saturated heterocycles. The van der Waals surface area contributed by atoms with Gasteiger partial charge >= 0.3 is 0 Å². The summed E-state index contributed by atoms with van der Waals surface area (Å²) in [4.78, 5) is 19.7. The zero-order chi connectivity index (χ0) is 16.1. The topological polar surface area (TPSA) is 98.7 Å². The number of aromatic nitrogens is 5. The lowest BCUT2D eigenvalue weighted by molar-refractivity contribution is -0.120. The molecule has 3 rings (SSSR count). The molecule has 0 spiro atoms. The number of hydrogen-bond acceptors (Lipinski definition) is 6.